The normalized spacial score (nSPS) is 30.6. The van der Waals surface area contributed by atoms with Gasteiger partial charge in [0.25, 0.3) is 0 Å². The predicted octanol–water partition coefficient (Wildman–Crippen LogP) is 2.05. The molecule has 2 N–H and O–H groups in total. The average molecular weight is 327 g/mol. The Morgan fingerprint density at radius 1 is 1.04 bits per heavy atom. The van der Waals surface area contributed by atoms with Gasteiger partial charge in [0.1, 0.15) is 0 Å². The Balaban J connectivity index is 1.40. The zero-order valence-electron chi connectivity index (χ0n) is 13.6. The molecule has 0 radical (unpaired) electrons. The topological polar surface area (TPSA) is 78.5 Å². The lowest BCUT2D eigenvalue weighted by Crippen LogP contribution is -2.36. The van der Waals surface area contributed by atoms with E-state index in [1.165, 1.54) is 11.8 Å². The molecule has 6 heteroatoms. The summed E-state index contributed by atoms with van der Waals surface area (Å²) in [4.78, 5) is 37.6. The van der Waals surface area contributed by atoms with E-state index in [2.05, 4.69) is 10.6 Å². The second-order valence-electron chi connectivity index (χ2n) is 7.08. The number of carbonyl (C=O) groups is 3. The van der Waals surface area contributed by atoms with Gasteiger partial charge in [-0.15, -0.1) is 0 Å². The second kappa shape index (κ2) is 5.61. The van der Waals surface area contributed by atoms with Crippen molar-refractivity contribution in [2.24, 2.45) is 23.7 Å². The van der Waals surface area contributed by atoms with Gasteiger partial charge in [0.15, 0.2) is 0 Å². The Morgan fingerprint density at radius 2 is 1.58 bits per heavy atom. The molecule has 2 saturated carbocycles. The molecule has 1 aliphatic heterocycles. The van der Waals surface area contributed by atoms with Crippen molar-refractivity contribution in [3.63, 3.8) is 0 Å². The summed E-state index contributed by atoms with van der Waals surface area (Å²) in [5.41, 5.74) is 1.53. The van der Waals surface area contributed by atoms with E-state index in [0.29, 0.717) is 17.5 Å². The maximum atomic E-state index is 12.6. The van der Waals surface area contributed by atoms with Crippen LogP contribution in [0.3, 0.4) is 0 Å². The van der Waals surface area contributed by atoms with Gasteiger partial charge in [-0.2, -0.15) is 0 Å². The first-order valence-corrected chi connectivity index (χ1v) is 8.51. The lowest BCUT2D eigenvalue weighted by molar-refractivity contribution is -0.140. The van der Waals surface area contributed by atoms with E-state index >= 15 is 0 Å². The molecule has 0 unspecified atom stereocenters. The molecule has 2 bridgehead atoms. The summed E-state index contributed by atoms with van der Waals surface area (Å²) >= 11 is 0. The van der Waals surface area contributed by atoms with Gasteiger partial charge in [0.2, 0.25) is 17.7 Å². The SMILES string of the molecule is CC(=O)Nc1ccc(NCN2C(=O)[C@@H]3[C@@H]4CC[C@H](C4)[C@@H]3C2=O)cc1. The number of hydrogen-bond donors (Lipinski definition) is 2. The molecule has 2 aliphatic carbocycles. The number of carbonyl (C=O) groups excluding carboxylic acids is 3. The molecule has 126 valence electrons. The highest BCUT2D eigenvalue weighted by Crippen LogP contribution is 2.55. The third-order valence-corrected chi connectivity index (χ3v) is 5.67. The lowest BCUT2D eigenvalue weighted by Gasteiger charge is -2.19. The Bertz CT molecular complexity index is 672. The molecule has 0 spiro atoms. The quantitative estimate of drug-likeness (QED) is 0.830. The standard InChI is InChI=1S/C18H21N3O3/c1-10(22)20-14-6-4-13(5-7-14)19-9-21-17(23)15-11-2-3-12(8-11)16(15)18(21)24/h4-7,11-12,15-16,19H,2-3,8-9H2,1H3,(H,20,22)/t11-,12-,15-,16+/m1/s1. The summed E-state index contributed by atoms with van der Waals surface area (Å²) in [7, 11) is 0. The molecule has 6 nitrogen and oxygen atoms in total. The summed E-state index contributed by atoms with van der Waals surface area (Å²) in [5.74, 6) is 0.571. The molecule has 4 atom stereocenters. The summed E-state index contributed by atoms with van der Waals surface area (Å²) in [5, 5.41) is 5.84. The van der Waals surface area contributed by atoms with Gasteiger partial charge in [-0.25, -0.2) is 0 Å². The average Bonchev–Trinajstić information content (AvgIpc) is 3.22. The minimum absolute atomic E-state index is 0.000401. The fraction of sp³-hybridized carbons (Fsp3) is 0.500. The van der Waals surface area contributed by atoms with Crippen LogP contribution in [0, 0.1) is 23.7 Å². The molecular formula is C18H21N3O3. The summed E-state index contributed by atoms with van der Waals surface area (Å²) in [6.45, 7) is 1.67. The second-order valence-corrected chi connectivity index (χ2v) is 7.08. The van der Waals surface area contributed by atoms with Crippen molar-refractivity contribution >= 4 is 29.1 Å². The first-order chi connectivity index (χ1) is 11.5. The van der Waals surface area contributed by atoms with Crippen LogP contribution in [0.25, 0.3) is 0 Å². The number of hydrogen-bond acceptors (Lipinski definition) is 4. The summed E-state index contributed by atoms with van der Waals surface area (Å²) in [6, 6.07) is 7.21. The highest BCUT2D eigenvalue weighted by Gasteiger charge is 2.60. The maximum absolute atomic E-state index is 12.6. The molecule has 4 rings (SSSR count). The third kappa shape index (κ3) is 2.37. The minimum Gasteiger partial charge on any atom is -0.367 e. The van der Waals surface area contributed by atoms with E-state index in [1.54, 1.807) is 12.1 Å². The zero-order valence-corrected chi connectivity index (χ0v) is 13.6. The van der Waals surface area contributed by atoms with Crippen LogP contribution in [0.4, 0.5) is 11.4 Å². The zero-order chi connectivity index (χ0) is 16.8. The van der Waals surface area contributed by atoms with Gasteiger partial charge in [-0.1, -0.05) is 0 Å². The Labute approximate surface area is 140 Å². The number of likely N-dealkylation sites (tertiary alicyclic amines) is 1. The van der Waals surface area contributed by atoms with Crippen molar-refractivity contribution in [2.45, 2.75) is 26.2 Å². The molecule has 3 amide bonds. The molecule has 3 aliphatic rings. The largest absolute Gasteiger partial charge is 0.367 e. The van der Waals surface area contributed by atoms with Gasteiger partial charge >= 0.3 is 0 Å². The number of nitrogens with zero attached hydrogens (tertiary/aromatic N) is 1. The van der Waals surface area contributed by atoms with Gasteiger partial charge in [-0.3, -0.25) is 19.3 Å². The lowest BCUT2D eigenvalue weighted by atomic mass is 9.81. The van der Waals surface area contributed by atoms with Crippen LogP contribution in [0.5, 0.6) is 0 Å². The minimum atomic E-state index is -0.120. The number of nitrogens with one attached hydrogen (secondary N) is 2. The highest BCUT2D eigenvalue weighted by atomic mass is 16.2. The molecule has 1 heterocycles. The first kappa shape index (κ1) is 15.2. The molecule has 1 aromatic carbocycles. The monoisotopic (exact) mass is 327 g/mol. The maximum Gasteiger partial charge on any atom is 0.234 e. The number of fused-ring (bicyclic) bond motifs is 5. The molecule has 0 aromatic heterocycles. The highest BCUT2D eigenvalue weighted by molar-refractivity contribution is 6.06. The van der Waals surface area contributed by atoms with E-state index in [9.17, 15) is 14.4 Å². The predicted molar refractivity (Wildman–Crippen MR) is 88.9 cm³/mol. The van der Waals surface area contributed by atoms with Crippen molar-refractivity contribution in [1.82, 2.24) is 4.90 Å². The van der Waals surface area contributed by atoms with Gasteiger partial charge in [0.05, 0.1) is 18.5 Å². The molecule has 1 saturated heterocycles. The van der Waals surface area contributed by atoms with Crippen molar-refractivity contribution < 1.29 is 14.4 Å². The molecule has 24 heavy (non-hydrogen) atoms. The van der Waals surface area contributed by atoms with Crippen LogP contribution in [-0.2, 0) is 14.4 Å². The van der Waals surface area contributed by atoms with Crippen molar-refractivity contribution in [3.8, 4) is 0 Å². The van der Waals surface area contributed by atoms with Gasteiger partial charge in [0, 0.05) is 18.3 Å². The van der Waals surface area contributed by atoms with Gasteiger partial charge in [-0.05, 0) is 55.4 Å². The smallest absolute Gasteiger partial charge is 0.234 e. The van der Waals surface area contributed by atoms with Crippen molar-refractivity contribution in [3.05, 3.63) is 24.3 Å². The number of imide groups is 1. The van der Waals surface area contributed by atoms with Crippen LogP contribution in [0.1, 0.15) is 26.2 Å². The Kier molecular flexibility index (Phi) is 3.55. The van der Waals surface area contributed by atoms with Crippen LogP contribution in [0.2, 0.25) is 0 Å². The van der Waals surface area contributed by atoms with Crippen LogP contribution >= 0.6 is 0 Å². The molecule has 1 aromatic rings. The summed E-state index contributed by atoms with van der Waals surface area (Å²) in [6.07, 6.45) is 3.24. The van der Waals surface area contributed by atoms with Crippen LogP contribution in [-0.4, -0.2) is 29.3 Å². The van der Waals surface area contributed by atoms with E-state index < -0.39 is 0 Å². The summed E-state index contributed by atoms with van der Waals surface area (Å²) < 4.78 is 0. The molecular weight excluding hydrogens is 306 g/mol. The molecule has 3 fully saturated rings. The number of anilines is 2. The number of rotatable bonds is 4. The Hall–Kier alpha value is -2.37. The Morgan fingerprint density at radius 3 is 2.12 bits per heavy atom. The van der Waals surface area contributed by atoms with Gasteiger partial charge < -0.3 is 10.6 Å². The third-order valence-electron chi connectivity index (χ3n) is 5.67. The van der Waals surface area contributed by atoms with E-state index in [1.807, 2.05) is 12.1 Å². The number of benzene rings is 1. The fourth-order valence-corrected chi connectivity index (χ4v) is 4.67. The number of amides is 3. The fourth-order valence-electron chi connectivity index (χ4n) is 4.67. The van der Waals surface area contributed by atoms with E-state index in [4.69, 9.17) is 0 Å². The van der Waals surface area contributed by atoms with Crippen molar-refractivity contribution in [2.75, 3.05) is 17.3 Å². The van der Waals surface area contributed by atoms with E-state index in [-0.39, 0.29) is 36.2 Å². The van der Waals surface area contributed by atoms with Crippen molar-refractivity contribution in [1.29, 1.82) is 0 Å². The van der Waals surface area contributed by atoms with Crippen LogP contribution in [0.15, 0.2) is 24.3 Å². The van der Waals surface area contributed by atoms with E-state index in [0.717, 1.165) is 24.9 Å². The van der Waals surface area contributed by atoms with Crippen LogP contribution < -0.4 is 10.6 Å². The first-order valence-electron chi connectivity index (χ1n) is 8.51.